The van der Waals surface area contributed by atoms with Crippen molar-refractivity contribution >= 4 is 5.97 Å². The van der Waals surface area contributed by atoms with Gasteiger partial charge in [-0.1, -0.05) is 17.7 Å². The molecule has 0 amide bonds. The molecule has 0 heterocycles. The van der Waals surface area contributed by atoms with E-state index in [-0.39, 0.29) is 12.0 Å². The summed E-state index contributed by atoms with van der Waals surface area (Å²) in [5.41, 5.74) is 2.33. The maximum atomic E-state index is 11.5. The maximum absolute atomic E-state index is 11.5. The second-order valence-corrected chi connectivity index (χ2v) is 5.44. The van der Waals surface area contributed by atoms with Crippen LogP contribution in [0.2, 0.25) is 0 Å². The first-order valence-electron chi connectivity index (χ1n) is 7.08. The molecule has 0 spiro atoms. The fourth-order valence-electron chi connectivity index (χ4n) is 2.39. The van der Waals surface area contributed by atoms with Gasteiger partial charge in [0.15, 0.2) is 0 Å². The van der Waals surface area contributed by atoms with E-state index in [0.29, 0.717) is 12.5 Å². The normalized spacial score (nSPS) is 15.8. The standard InChI is InChI=1S/C16H23NO3/c1-11-4-7-15(19-2)12(8-11)9-14(10-16(18)20-3)17-13-5-6-13/h4,7-8,13-14,17H,5-6,9-10H2,1-3H3. The molecule has 1 aromatic rings. The van der Waals surface area contributed by atoms with E-state index in [1.54, 1.807) is 7.11 Å². The first-order valence-corrected chi connectivity index (χ1v) is 7.08. The quantitative estimate of drug-likeness (QED) is 0.776. The van der Waals surface area contributed by atoms with Crippen LogP contribution in [-0.4, -0.2) is 32.3 Å². The second kappa shape index (κ2) is 6.75. The van der Waals surface area contributed by atoms with Gasteiger partial charge >= 0.3 is 5.97 Å². The molecule has 1 aromatic carbocycles. The molecule has 110 valence electrons. The van der Waals surface area contributed by atoms with Crippen molar-refractivity contribution in [1.29, 1.82) is 0 Å². The van der Waals surface area contributed by atoms with Crippen LogP contribution in [0, 0.1) is 6.92 Å². The van der Waals surface area contributed by atoms with Gasteiger partial charge in [0.05, 0.1) is 20.6 Å². The molecule has 2 rings (SSSR count). The zero-order valence-electron chi connectivity index (χ0n) is 12.4. The number of ether oxygens (including phenoxy) is 2. The summed E-state index contributed by atoms with van der Waals surface area (Å²) in [4.78, 5) is 11.5. The zero-order valence-corrected chi connectivity index (χ0v) is 12.4. The monoisotopic (exact) mass is 277 g/mol. The molecule has 0 bridgehead atoms. The molecule has 0 saturated heterocycles. The lowest BCUT2D eigenvalue weighted by Crippen LogP contribution is -2.35. The summed E-state index contributed by atoms with van der Waals surface area (Å²) in [7, 11) is 3.11. The molecule has 0 aromatic heterocycles. The predicted octanol–water partition coefficient (Wildman–Crippen LogP) is 2.23. The van der Waals surface area contributed by atoms with E-state index in [9.17, 15) is 4.79 Å². The Bertz CT molecular complexity index is 469. The SMILES string of the molecule is COC(=O)CC(Cc1cc(C)ccc1OC)NC1CC1. The smallest absolute Gasteiger partial charge is 0.307 e. The minimum Gasteiger partial charge on any atom is -0.496 e. The largest absolute Gasteiger partial charge is 0.496 e. The highest BCUT2D eigenvalue weighted by atomic mass is 16.5. The maximum Gasteiger partial charge on any atom is 0.307 e. The van der Waals surface area contributed by atoms with Gasteiger partial charge in [0, 0.05) is 12.1 Å². The molecule has 1 unspecified atom stereocenters. The number of aryl methyl sites for hydroxylation is 1. The predicted molar refractivity (Wildman–Crippen MR) is 78.0 cm³/mol. The molecule has 0 aliphatic heterocycles. The van der Waals surface area contributed by atoms with Crippen molar-refractivity contribution in [1.82, 2.24) is 5.32 Å². The van der Waals surface area contributed by atoms with Crippen LogP contribution in [0.25, 0.3) is 0 Å². The zero-order chi connectivity index (χ0) is 14.5. The Labute approximate surface area is 120 Å². The van der Waals surface area contributed by atoms with Crippen molar-refractivity contribution in [2.24, 2.45) is 0 Å². The van der Waals surface area contributed by atoms with Crippen molar-refractivity contribution < 1.29 is 14.3 Å². The highest BCUT2D eigenvalue weighted by Crippen LogP contribution is 2.25. The summed E-state index contributed by atoms with van der Waals surface area (Å²) in [5, 5.41) is 3.52. The van der Waals surface area contributed by atoms with Crippen molar-refractivity contribution in [2.75, 3.05) is 14.2 Å². The van der Waals surface area contributed by atoms with Gasteiger partial charge in [-0.05, 0) is 37.8 Å². The van der Waals surface area contributed by atoms with Gasteiger partial charge in [0.2, 0.25) is 0 Å². The molecule has 1 aliphatic rings. The van der Waals surface area contributed by atoms with E-state index in [1.807, 2.05) is 12.1 Å². The Balaban J connectivity index is 2.08. The van der Waals surface area contributed by atoms with Crippen molar-refractivity contribution in [3.63, 3.8) is 0 Å². The van der Waals surface area contributed by atoms with Crippen LogP contribution in [-0.2, 0) is 16.0 Å². The minimum absolute atomic E-state index is 0.102. The molecule has 1 saturated carbocycles. The third-order valence-corrected chi connectivity index (χ3v) is 3.59. The third-order valence-electron chi connectivity index (χ3n) is 3.59. The molecule has 0 radical (unpaired) electrons. The summed E-state index contributed by atoms with van der Waals surface area (Å²) in [5.74, 6) is 0.706. The lowest BCUT2D eigenvalue weighted by atomic mass is 10.0. The van der Waals surface area contributed by atoms with Crippen molar-refractivity contribution in [3.8, 4) is 5.75 Å². The van der Waals surface area contributed by atoms with E-state index in [0.717, 1.165) is 17.7 Å². The third kappa shape index (κ3) is 4.23. The first-order chi connectivity index (χ1) is 9.62. The Morgan fingerprint density at radius 1 is 1.40 bits per heavy atom. The molecule has 1 aliphatic carbocycles. The fraction of sp³-hybridized carbons (Fsp3) is 0.562. The van der Waals surface area contributed by atoms with Crippen LogP contribution in [0.1, 0.15) is 30.4 Å². The van der Waals surface area contributed by atoms with Crippen LogP contribution >= 0.6 is 0 Å². The summed E-state index contributed by atoms with van der Waals surface area (Å²) in [6, 6.07) is 6.80. The van der Waals surface area contributed by atoms with Gasteiger partial charge in [0.25, 0.3) is 0 Å². The summed E-state index contributed by atoms with van der Waals surface area (Å²) >= 11 is 0. The van der Waals surface area contributed by atoms with E-state index < -0.39 is 0 Å². The molecule has 1 N–H and O–H groups in total. The van der Waals surface area contributed by atoms with Gasteiger partial charge in [-0.2, -0.15) is 0 Å². The molecule has 1 atom stereocenters. The van der Waals surface area contributed by atoms with E-state index in [1.165, 1.54) is 25.5 Å². The summed E-state index contributed by atoms with van der Waals surface area (Å²) < 4.78 is 10.2. The summed E-state index contributed by atoms with van der Waals surface area (Å²) in [6.45, 7) is 2.06. The number of methoxy groups -OCH3 is 2. The van der Waals surface area contributed by atoms with E-state index in [4.69, 9.17) is 9.47 Å². The average Bonchev–Trinajstić information content (AvgIpc) is 3.22. The highest BCUT2D eigenvalue weighted by Gasteiger charge is 2.26. The van der Waals surface area contributed by atoms with Crippen LogP contribution < -0.4 is 10.1 Å². The Hall–Kier alpha value is -1.55. The van der Waals surface area contributed by atoms with Crippen LogP contribution in [0.15, 0.2) is 18.2 Å². The number of carbonyl (C=O) groups is 1. The Morgan fingerprint density at radius 2 is 2.15 bits per heavy atom. The second-order valence-electron chi connectivity index (χ2n) is 5.44. The number of esters is 1. The molecule has 4 nitrogen and oxygen atoms in total. The van der Waals surface area contributed by atoms with Gasteiger partial charge in [-0.15, -0.1) is 0 Å². The molecule has 20 heavy (non-hydrogen) atoms. The minimum atomic E-state index is -0.172. The summed E-state index contributed by atoms with van der Waals surface area (Å²) in [6.07, 6.45) is 3.56. The molecule has 1 fully saturated rings. The van der Waals surface area contributed by atoms with E-state index >= 15 is 0 Å². The molecule has 4 heteroatoms. The molecular formula is C16H23NO3. The number of carbonyl (C=O) groups excluding carboxylic acids is 1. The van der Waals surface area contributed by atoms with Gasteiger partial charge < -0.3 is 14.8 Å². The van der Waals surface area contributed by atoms with Gasteiger partial charge in [-0.3, -0.25) is 4.79 Å². The van der Waals surface area contributed by atoms with Crippen LogP contribution in [0.3, 0.4) is 0 Å². The fourth-order valence-corrected chi connectivity index (χ4v) is 2.39. The molecular weight excluding hydrogens is 254 g/mol. The lowest BCUT2D eigenvalue weighted by molar-refractivity contribution is -0.141. The Morgan fingerprint density at radius 3 is 2.75 bits per heavy atom. The van der Waals surface area contributed by atoms with E-state index in [2.05, 4.69) is 18.3 Å². The highest BCUT2D eigenvalue weighted by molar-refractivity contribution is 5.70. The number of nitrogens with one attached hydrogen (secondary N) is 1. The van der Waals surface area contributed by atoms with Gasteiger partial charge in [-0.25, -0.2) is 0 Å². The lowest BCUT2D eigenvalue weighted by Gasteiger charge is -2.19. The number of rotatable bonds is 7. The van der Waals surface area contributed by atoms with Crippen molar-refractivity contribution in [2.45, 2.75) is 44.7 Å². The number of benzene rings is 1. The average molecular weight is 277 g/mol. The topological polar surface area (TPSA) is 47.6 Å². The van der Waals surface area contributed by atoms with Crippen LogP contribution in [0.5, 0.6) is 5.75 Å². The number of hydrogen-bond acceptors (Lipinski definition) is 4. The first kappa shape index (κ1) is 14.9. The van der Waals surface area contributed by atoms with Crippen LogP contribution in [0.4, 0.5) is 0 Å². The van der Waals surface area contributed by atoms with Crippen molar-refractivity contribution in [3.05, 3.63) is 29.3 Å². The number of hydrogen-bond donors (Lipinski definition) is 1. The Kier molecular flexibility index (Phi) is 5.01. The van der Waals surface area contributed by atoms with Gasteiger partial charge in [0.1, 0.15) is 5.75 Å².